The second-order valence-electron chi connectivity index (χ2n) is 3.34. The number of carboxylic acid groups (broad SMARTS) is 1. The summed E-state index contributed by atoms with van der Waals surface area (Å²) in [6.45, 7) is 5.17. The fourth-order valence-electron chi connectivity index (χ4n) is 1.19. The minimum atomic E-state index is -3.84. The molecule has 1 aromatic rings. The Balaban J connectivity index is 3.01. The number of nitrogens with one attached hydrogen (secondary N) is 1. The molecule has 6 nitrogen and oxygen atoms in total. The van der Waals surface area contributed by atoms with Gasteiger partial charge in [-0.15, -0.1) is 17.9 Å². The summed E-state index contributed by atoms with van der Waals surface area (Å²) in [6.07, 6.45) is 2.04. The molecule has 17 heavy (non-hydrogen) atoms. The highest BCUT2D eigenvalue weighted by Gasteiger charge is 2.26. The molecule has 8 heteroatoms. The number of rotatable bonds is 6. The van der Waals surface area contributed by atoms with Crippen LogP contribution in [0.5, 0.6) is 0 Å². The number of thiazole rings is 1. The topological polar surface area (TPSA) is 96.4 Å². The molecule has 0 amide bonds. The van der Waals surface area contributed by atoms with Gasteiger partial charge in [-0.2, -0.15) is 0 Å². The van der Waals surface area contributed by atoms with Gasteiger partial charge in [-0.3, -0.25) is 0 Å². The quantitative estimate of drug-likeness (QED) is 0.758. The predicted octanol–water partition coefficient (Wildman–Crippen LogP) is 1.08. The number of carboxylic acids is 1. The van der Waals surface area contributed by atoms with E-state index >= 15 is 0 Å². The third kappa shape index (κ3) is 3.35. The minimum absolute atomic E-state index is 0.277. The standard InChI is InChI=1S/C9H12N2O4S2/c1-3-4-6(2)11-17(14,15)9-7(8(12)13)10-5-16-9/h3,5-6,11H,1,4H2,2H3,(H,12,13). The molecule has 0 saturated carbocycles. The van der Waals surface area contributed by atoms with E-state index < -0.39 is 21.7 Å². The van der Waals surface area contributed by atoms with Crippen molar-refractivity contribution in [2.75, 3.05) is 0 Å². The summed E-state index contributed by atoms with van der Waals surface area (Å²) in [5.74, 6) is -1.36. The van der Waals surface area contributed by atoms with E-state index in [4.69, 9.17) is 5.11 Å². The third-order valence-electron chi connectivity index (χ3n) is 1.86. The highest BCUT2D eigenvalue weighted by atomic mass is 32.2. The smallest absolute Gasteiger partial charge is 0.356 e. The molecule has 0 aliphatic heterocycles. The molecule has 0 saturated heterocycles. The van der Waals surface area contributed by atoms with Crippen molar-refractivity contribution in [2.24, 2.45) is 0 Å². The summed E-state index contributed by atoms with van der Waals surface area (Å²) in [4.78, 5) is 14.3. The van der Waals surface area contributed by atoms with Crippen LogP contribution in [0.3, 0.4) is 0 Å². The van der Waals surface area contributed by atoms with Crippen LogP contribution in [0.25, 0.3) is 0 Å². The van der Waals surface area contributed by atoms with E-state index in [1.807, 2.05) is 0 Å². The SMILES string of the molecule is C=CCC(C)NS(=O)(=O)c1scnc1C(=O)O. The van der Waals surface area contributed by atoms with Crippen LogP contribution in [0.1, 0.15) is 23.8 Å². The van der Waals surface area contributed by atoms with Crippen LogP contribution in [0, 0.1) is 0 Å². The molecule has 1 heterocycles. The van der Waals surface area contributed by atoms with Crippen molar-refractivity contribution in [1.29, 1.82) is 0 Å². The fraction of sp³-hybridized carbons (Fsp3) is 0.333. The molecule has 0 aromatic carbocycles. The Hall–Kier alpha value is -1.25. The molecule has 0 fully saturated rings. The zero-order chi connectivity index (χ0) is 13.1. The molecule has 94 valence electrons. The van der Waals surface area contributed by atoms with Gasteiger partial charge >= 0.3 is 5.97 Å². The van der Waals surface area contributed by atoms with E-state index in [0.717, 1.165) is 11.3 Å². The monoisotopic (exact) mass is 276 g/mol. The lowest BCUT2D eigenvalue weighted by Crippen LogP contribution is -2.32. The Morgan fingerprint density at radius 3 is 2.94 bits per heavy atom. The Morgan fingerprint density at radius 1 is 1.76 bits per heavy atom. The number of carbonyl (C=O) groups is 1. The second kappa shape index (κ2) is 5.39. The van der Waals surface area contributed by atoms with Crippen LogP contribution in [-0.4, -0.2) is 30.5 Å². The fourth-order valence-corrected chi connectivity index (χ4v) is 3.60. The highest BCUT2D eigenvalue weighted by Crippen LogP contribution is 2.20. The van der Waals surface area contributed by atoms with Gasteiger partial charge in [0.25, 0.3) is 10.0 Å². The Kier molecular flexibility index (Phi) is 4.38. The predicted molar refractivity (Wildman–Crippen MR) is 63.7 cm³/mol. The largest absolute Gasteiger partial charge is 0.476 e. The molecule has 1 unspecified atom stereocenters. The van der Waals surface area contributed by atoms with E-state index in [1.54, 1.807) is 13.0 Å². The van der Waals surface area contributed by atoms with E-state index in [2.05, 4.69) is 16.3 Å². The molecule has 0 bridgehead atoms. The zero-order valence-electron chi connectivity index (χ0n) is 9.08. The van der Waals surface area contributed by atoms with Crippen LogP contribution < -0.4 is 4.72 Å². The number of nitrogens with zero attached hydrogens (tertiary/aromatic N) is 1. The summed E-state index contributed by atoms with van der Waals surface area (Å²) in [7, 11) is -3.84. The van der Waals surface area contributed by atoms with E-state index in [0.29, 0.717) is 6.42 Å². The summed E-state index contributed by atoms with van der Waals surface area (Å²) in [5.41, 5.74) is 0.740. The molecular formula is C9H12N2O4S2. The van der Waals surface area contributed by atoms with Crippen LogP contribution in [0.15, 0.2) is 22.4 Å². The molecular weight excluding hydrogens is 264 g/mol. The van der Waals surface area contributed by atoms with Gasteiger partial charge in [0.15, 0.2) is 9.90 Å². The normalized spacial score (nSPS) is 13.2. The lowest BCUT2D eigenvalue weighted by atomic mass is 10.3. The summed E-state index contributed by atoms with van der Waals surface area (Å²) < 4.78 is 25.8. The molecule has 0 radical (unpaired) electrons. The molecule has 1 rings (SSSR count). The van der Waals surface area contributed by atoms with Gasteiger partial charge in [0.1, 0.15) is 0 Å². The maximum absolute atomic E-state index is 11.9. The van der Waals surface area contributed by atoms with Crippen molar-refractivity contribution >= 4 is 27.3 Å². The van der Waals surface area contributed by atoms with Gasteiger partial charge in [0.2, 0.25) is 0 Å². The van der Waals surface area contributed by atoms with Crippen LogP contribution in [-0.2, 0) is 10.0 Å². The molecule has 1 atom stereocenters. The van der Waals surface area contributed by atoms with E-state index in [-0.39, 0.29) is 10.3 Å². The van der Waals surface area contributed by atoms with Crippen LogP contribution in [0.4, 0.5) is 0 Å². The molecule has 0 aliphatic rings. The third-order valence-corrected chi connectivity index (χ3v) is 4.82. The van der Waals surface area contributed by atoms with E-state index in [1.165, 1.54) is 5.51 Å². The Morgan fingerprint density at radius 2 is 2.41 bits per heavy atom. The van der Waals surface area contributed by atoms with Crippen molar-refractivity contribution in [3.63, 3.8) is 0 Å². The minimum Gasteiger partial charge on any atom is -0.476 e. The van der Waals surface area contributed by atoms with Gasteiger partial charge in [0.05, 0.1) is 5.51 Å². The first-order valence-corrected chi connectivity index (χ1v) is 7.04. The van der Waals surface area contributed by atoms with Crippen molar-refractivity contribution in [3.05, 3.63) is 23.9 Å². The van der Waals surface area contributed by atoms with Crippen LogP contribution in [0.2, 0.25) is 0 Å². The molecule has 2 N–H and O–H groups in total. The Bertz CT molecular complexity index is 521. The van der Waals surface area contributed by atoms with Gasteiger partial charge in [-0.1, -0.05) is 6.08 Å². The second-order valence-corrected chi connectivity index (χ2v) is 6.10. The van der Waals surface area contributed by atoms with Crippen molar-refractivity contribution in [2.45, 2.75) is 23.6 Å². The van der Waals surface area contributed by atoms with Crippen molar-refractivity contribution in [3.8, 4) is 0 Å². The molecule has 0 spiro atoms. The lowest BCUT2D eigenvalue weighted by molar-refractivity contribution is 0.0687. The first-order chi connectivity index (χ1) is 7.88. The molecule has 1 aromatic heterocycles. The van der Waals surface area contributed by atoms with Crippen LogP contribution >= 0.6 is 11.3 Å². The summed E-state index contributed by atoms with van der Waals surface area (Å²) >= 11 is 0.777. The maximum Gasteiger partial charge on any atom is 0.356 e. The summed E-state index contributed by atoms with van der Waals surface area (Å²) in [6, 6.07) is -0.346. The number of aromatic carboxylic acids is 1. The maximum atomic E-state index is 11.9. The average molecular weight is 276 g/mol. The average Bonchev–Trinajstić information content (AvgIpc) is 2.65. The van der Waals surface area contributed by atoms with E-state index in [9.17, 15) is 13.2 Å². The number of hydrogen-bond acceptors (Lipinski definition) is 5. The summed E-state index contributed by atoms with van der Waals surface area (Å²) in [5, 5.41) is 8.79. The highest BCUT2D eigenvalue weighted by molar-refractivity contribution is 7.91. The lowest BCUT2D eigenvalue weighted by Gasteiger charge is -2.11. The van der Waals surface area contributed by atoms with Crippen molar-refractivity contribution < 1.29 is 18.3 Å². The zero-order valence-corrected chi connectivity index (χ0v) is 10.7. The first kappa shape index (κ1) is 13.8. The molecule has 0 aliphatic carbocycles. The Labute approximate surface area is 103 Å². The first-order valence-electron chi connectivity index (χ1n) is 4.68. The van der Waals surface area contributed by atoms with Gasteiger partial charge in [-0.05, 0) is 13.3 Å². The van der Waals surface area contributed by atoms with Gasteiger partial charge < -0.3 is 5.11 Å². The van der Waals surface area contributed by atoms with Gasteiger partial charge in [-0.25, -0.2) is 22.9 Å². The van der Waals surface area contributed by atoms with Gasteiger partial charge in [0, 0.05) is 6.04 Å². The number of hydrogen-bond donors (Lipinski definition) is 2. The van der Waals surface area contributed by atoms with Crippen molar-refractivity contribution in [1.82, 2.24) is 9.71 Å². The number of aromatic nitrogens is 1. The number of sulfonamides is 1.